The number of para-hydroxylation sites is 1. The molecule has 2 aromatic heterocycles. The fourth-order valence-electron chi connectivity index (χ4n) is 4.57. The minimum Gasteiger partial charge on any atom is -0.475 e. The number of nitrogens with zero attached hydrogens (tertiary/aromatic N) is 4. The topological polar surface area (TPSA) is 147 Å². The first-order valence-electron chi connectivity index (χ1n) is 14.6. The van der Waals surface area contributed by atoms with Crippen molar-refractivity contribution in [3.05, 3.63) is 71.7 Å². The van der Waals surface area contributed by atoms with Crippen molar-refractivity contribution in [1.29, 1.82) is 0 Å². The number of carboxylic acids is 1. The van der Waals surface area contributed by atoms with Crippen LogP contribution in [-0.2, 0) is 17.8 Å². The number of benzene rings is 2. The molecule has 46 heavy (non-hydrogen) atoms. The lowest BCUT2D eigenvalue weighted by Crippen LogP contribution is -2.34. The first-order chi connectivity index (χ1) is 21.8. The zero-order chi connectivity index (χ0) is 34.0. The number of carbonyl (C=O) groups excluding carboxylic acids is 1. The molecule has 14 heteroatoms. The number of amides is 2. The van der Waals surface area contributed by atoms with Gasteiger partial charge < -0.3 is 29.7 Å². The van der Waals surface area contributed by atoms with Crippen molar-refractivity contribution in [1.82, 2.24) is 19.4 Å². The molecule has 2 aromatic carbocycles. The van der Waals surface area contributed by atoms with Gasteiger partial charge >= 0.3 is 24.3 Å². The van der Waals surface area contributed by atoms with E-state index < -0.39 is 18.3 Å². The lowest BCUT2D eigenvalue weighted by molar-refractivity contribution is -0.192. The Kier molecular flexibility index (Phi) is 12.1. The van der Waals surface area contributed by atoms with Crippen LogP contribution in [0, 0.1) is 6.92 Å². The number of ether oxygens (including phenoxy) is 1. The number of nitrogens with one attached hydrogen (secondary N) is 1. The van der Waals surface area contributed by atoms with Crippen molar-refractivity contribution in [2.75, 3.05) is 18.4 Å². The molecular formula is C32H36F3N5O6. The lowest BCUT2D eigenvalue weighted by Gasteiger charge is -2.19. The van der Waals surface area contributed by atoms with Gasteiger partial charge in [0.2, 0.25) is 0 Å². The summed E-state index contributed by atoms with van der Waals surface area (Å²) in [6, 6.07) is 16.8. The number of aryl methyl sites for hydroxylation is 2. The van der Waals surface area contributed by atoms with Crippen molar-refractivity contribution < 1.29 is 42.5 Å². The second-order valence-electron chi connectivity index (χ2n) is 10.1. The molecule has 4 rings (SSSR count). The van der Waals surface area contributed by atoms with Crippen molar-refractivity contribution in [3.8, 4) is 16.9 Å². The van der Waals surface area contributed by atoms with Crippen LogP contribution in [0.25, 0.3) is 22.3 Å². The molecule has 0 fully saturated rings. The molecule has 0 spiro atoms. The number of fused-ring (bicyclic) bond motifs is 1. The van der Waals surface area contributed by atoms with E-state index in [1.165, 1.54) is 0 Å². The maximum atomic E-state index is 12.6. The number of aromatic nitrogens is 3. The number of imidazole rings is 1. The molecule has 0 aliphatic heterocycles. The Labute approximate surface area is 263 Å². The highest BCUT2D eigenvalue weighted by Gasteiger charge is 2.38. The third-order valence-corrected chi connectivity index (χ3v) is 6.97. The van der Waals surface area contributed by atoms with Gasteiger partial charge in [-0.1, -0.05) is 55.8 Å². The number of halogens is 3. The number of carboxylic acid groups (broad SMARTS) is 2. The van der Waals surface area contributed by atoms with Gasteiger partial charge in [-0.25, -0.2) is 24.4 Å². The number of rotatable bonds is 10. The van der Waals surface area contributed by atoms with E-state index in [1.54, 1.807) is 17.0 Å². The summed E-state index contributed by atoms with van der Waals surface area (Å²) < 4.78 is 38.8. The second kappa shape index (κ2) is 15.7. The summed E-state index contributed by atoms with van der Waals surface area (Å²) in [5, 5.41) is 19.2. The summed E-state index contributed by atoms with van der Waals surface area (Å²) in [5.41, 5.74) is 5.56. The smallest absolute Gasteiger partial charge is 0.475 e. The van der Waals surface area contributed by atoms with Crippen LogP contribution in [0.4, 0.5) is 28.4 Å². The van der Waals surface area contributed by atoms with Crippen LogP contribution in [0.3, 0.4) is 0 Å². The van der Waals surface area contributed by atoms with Gasteiger partial charge in [0.1, 0.15) is 17.1 Å². The average Bonchev–Trinajstić information content (AvgIpc) is 3.32. The van der Waals surface area contributed by atoms with E-state index >= 15 is 0 Å². The van der Waals surface area contributed by atoms with Crippen molar-refractivity contribution in [2.45, 2.75) is 59.7 Å². The molecular weight excluding hydrogens is 607 g/mol. The minimum absolute atomic E-state index is 0.148. The zero-order valence-corrected chi connectivity index (χ0v) is 25.9. The molecule has 2 heterocycles. The summed E-state index contributed by atoms with van der Waals surface area (Å²) in [5.74, 6) is -1.51. The van der Waals surface area contributed by atoms with Gasteiger partial charge in [-0.2, -0.15) is 13.2 Å². The fraction of sp³-hybridized carbons (Fsp3) is 0.344. The molecule has 4 aromatic rings. The van der Waals surface area contributed by atoms with Gasteiger partial charge in [0, 0.05) is 25.1 Å². The highest BCUT2D eigenvalue weighted by Crippen LogP contribution is 2.31. The molecule has 2 amide bonds. The third-order valence-electron chi connectivity index (χ3n) is 6.97. The zero-order valence-electron chi connectivity index (χ0n) is 25.9. The molecule has 0 unspecified atom stereocenters. The molecule has 0 aliphatic rings. The number of urea groups is 1. The first-order valence-corrected chi connectivity index (χ1v) is 14.6. The van der Waals surface area contributed by atoms with E-state index in [9.17, 15) is 22.8 Å². The molecule has 0 radical (unpaired) electrons. The number of aliphatic carboxylic acids is 1. The highest BCUT2D eigenvalue weighted by atomic mass is 19.4. The number of hydrogen-bond acceptors (Lipinski definition) is 6. The van der Waals surface area contributed by atoms with Crippen LogP contribution in [-0.4, -0.2) is 67.1 Å². The van der Waals surface area contributed by atoms with Crippen LogP contribution in [0.2, 0.25) is 0 Å². The number of alkyl halides is 3. The van der Waals surface area contributed by atoms with Gasteiger partial charge in [-0.3, -0.25) is 0 Å². The summed E-state index contributed by atoms with van der Waals surface area (Å²) in [4.78, 5) is 44.1. The normalized spacial score (nSPS) is 11.0. The van der Waals surface area contributed by atoms with E-state index in [0.717, 1.165) is 53.1 Å². The van der Waals surface area contributed by atoms with E-state index in [4.69, 9.17) is 29.7 Å². The Morgan fingerprint density at radius 2 is 1.61 bits per heavy atom. The van der Waals surface area contributed by atoms with Crippen LogP contribution in [0.15, 0.2) is 54.6 Å². The molecule has 0 aliphatic carbocycles. The predicted octanol–water partition coefficient (Wildman–Crippen LogP) is 7.36. The van der Waals surface area contributed by atoms with Crippen molar-refractivity contribution >= 4 is 35.0 Å². The number of hydrogen-bond donors (Lipinski definition) is 3. The van der Waals surface area contributed by atoms with Crippen LogP contribution >= 0.6 is 0 Å². The van der Waals surface area contributed by atoms with E-state index in [-0.39, 0.29) is 6.03 Å². The van der Waals surface area contributed by atoms with Gasteiger partial charge in [0.05, 0.1) is 17.9 Å². The van der Waals surface area contributed by atoms with Crippen LogP contribution < -0.4 is 10.1 Å². The Morgan fingerprint density at radius 3 is 2.17 bits per heavy atom. The van der Waals surface area contributed by atoms with Gasteiger partial charge in [-0.05, 0) is 50.5 Å². The quantitative estimate of drug-likeness (QED) is 0.120. The molecule has 0 bridgehead atoms. The second-order valence-corrected chi connectivity index (χ2v) is 10.1. The van der Waals surface area contributed by atoms with E-state index in [2.05, 4.69) is 16.8 Å². The monoisotopic (exact) mass is 643 g/mol. The van der Waals surface area contributed by atoms with Gasteiger partial charge in [-0.15, -0.1) is 0 Å². The molecule has 0 saturated heterocycles. The number of unbranched alkanes of at least 4 members (excludes halogenated alkanes) is 1. The Balaban J connectivity index is 0.000000738. The molecule has 246 valence electrons. The molecule has 0 saturated carbocycles. The van der Waals surface area contributed by atoms with E-state index in [0.29, 0.717) is 36.6 Å². The van der Waals surface area contributed by atoms with Gasteiger partial charge in [0.15, 0.2) is 5.65 Å². The van der Waals surface area contributed by atoms with Crippen LogP contribution in [0.1, 0.15) is 50.7 Å². The molecule has 3 N–H and O–H groups in total. The first kappa shape index (κ1) is 35.3. The Bertz CT molecular complexity index is 1670. The van der Waals surface area contributed by atoms with Gasteiger partial charge in [0.25, 0.3) is 0 Å². The van der Waals surface area contributed by atoms with Crippen molar-refractivity contribution in [2.24, 2.45) is 0 Å². The largest absolute Gasteiger partial charge is 0.511 e. The average molecular weight is 644 g/mol. The summed E-state index contributed by atoms with van der Waals surface area (Å²) in [6.07, 6.45) is -3.55. The lowest BCUT2D eigenvalue weighted by atomic mass is 10.0. The SMILES string of the molecule is CCCCc1nc2cc(NC(=O)N(CC)CC)c(C)nc2n1Cc1ccc(-c2ccccc2OC(=O)O)cc1.O=C(O)C(F)(F)F. The number of anilines is 1. The Morgan fingerprint density at radius 1 is 0.978 bits per heavy atom. The maximum absolute atomic E-state index is 12.6. The highest BCUT2D eigenvalue weighted by molar-refractivity contribution is 5.92. The van der Waals surface area contributed by atoms with Crippen LogP contribution in [0.5, 0.6) is 5.75 Å². The minimum atomic E-state index is -5.08. The predicted molar refractivity (Wildman–Crippen MR) is 166 cm³/mol. The van der Waals surface area contributed by atoms with E-state index in [1.807, 2.05) is 63.2 Å². The van der Waals surface area contributed by atoms with Crippen molar-refractivity contribution in [3.63, 3.8) is 0 Å². The third kappa shape index (κ3) is 9.19. The summed E-state index contributed by atoms with van der Waals surface area (Å²) in [7, 11) is 0. The summed E-state index contributed by atoms with van der Waals surface area (Å²) in [6.45, 7) is 9.79. The molecule has 0 atom stereocenters. The number of carbonyl (C=O) groups is 3. The molecule has 11 nitrogen and oxygen atoms in total. The number of pyridine rings is 1. The fourth-order valence-corrected chi connectivity index (χ4v) is 4.57. The Hall–Kier alpha value is -5.14. The maximum Gasteiger partial charge on any atom is 0.511 e. The standard InChI is InChI=1S/C30H35N5O4.C2HF3O2/c1-5-8-13-27-32-25-18-24(33-29(36)34(6-2)7-3)20(4)31-28(25)35(27)19-21-14-16-22(17-15-21)23-11-9-10-12-26(23)39-30(37)38;3-2(4,5)1(6)7/h9-12,14-18H,5-8,13,19H2,1-4H3,(H,33,36)(H,37,38);(H,6,7). The summed E-state index contributed by atoms with van der Waals surface area (Å²) >= 11 is 0.